The Labute approximate surface area is 81.4 Å². The molecule has 4 heteroatoms. The Bertz CT molecular complexity index is 381. The summed E-state index contributed by atoms with van der Waals surface area (Å²) in [6.07, 6.45) is 2.73. The summed E-state index contributed by atoms with van der Waals surface area (Å²) in [7, 11) is 0. The summed E-state index contributed by atoms with van der Waals surface area (Å²) in [5, 5.41) is 0. The lowest BCUT2D eigenvalue weighted by Gasteiger charge is -2.04. The van der Waals surface area contributed by atoms with Crippen LogP contribution in [0.1, 0.15) is 0 Å². The van der Waals surface area contributed by atoms with Gasteiger partial charge in [-0.3, -0.25) is 4.79 Å². The highest BCUT2D eigenvalue weighted by Gasteiger charge is 1.96. The summed E-state index contributed by atoms with van der Waals surface area (Å²) in [4.78, 5) is 21.8. The highest BCUT2D eigenvalue weighted by atomic mass is 16.5. The molecule has 1 heterocycles. The van der Waals surface area contributed by atoms with E-state index >= 15 is 0 Å². The maximum atomic E-state index is 11.2. The zero-order valence-corrected chi connectivity index (χ0v) is 7.68. The summed E-state index contributed by atoms with van der Waals surface area (Å²) in [5.74, 6) is -0.478. The van der Waals surface area contributed by atoms with Gasteiger partial charge in [-0.25, -0.2) is 4.79 Å². The monoisotopic (exact) mass is 193 g/mol. The van der Waals surface area contributed by atoms with Crippen molar-refractivity contribution < 1.29 is 9.53 Å². The van der Waals surface area contributed by atoms with Crippen LogP contribution in [-0.4, -0.2) is 17.1 Å². The van der Waals surface area contributed by atoms with E-state index in [1.165, 1.54) is 10.6 Å². The predicted octanol–water partition coefficient (Wildman–Crippen LogP) is 0.578. The third-order valence-electron chi connectivity index (χ3n) is 1.64. The minimum atomic E-state index is -0.478. The van der Waals surface area contributed by atoms with Gasteiger partial charge in [-0.05, 0) is 6.07 Å². The molecule has 0 bridgehead atoms. The Kier molecular flexibility index (Phi) is 3.67. The van der Waals surface area contributed by atoms with E-state index in [-0.39, 0.29) is 12.2 Å². The molecule has 0 aliphatic carbocycles. The van der Waals surface area contributed by atoms with Crippen molar-refractivity contribution in [2.24, 2.45) is 0 Å². The van der Waals surface area contributed by atoms with Crippen molar-refractivity contribution in [3.63, 3.8) is 0 Å². The van der Waals surface area contributed by atoms with E-state index in [1.54, 1.807) is 18.3 Å². The third kappa shape index (κ3) is 2.90. The predicted molar refractivity (Wildman–Crippen MR) is 51.9 cm³/mol. The van der Waals surface area contributed by atoms with Gasteiger partial charge in [0.1, 0.15) is 6.61 Å². The van der Waals surface area contributed by atoms with Gasteiger partial charge in [0.15, 0.2) is 0 Å². The van der Waals surface area contributed by atoms with Crippen molar-refractivity contribution in [1.29, 1.82) is 0 Å². The largest absolute Gasteiger partial charge is 0.461 e. The number of nitrogens with zero attached hydrogens (tertiary/aromatic N) is 1. The molecule has 14 heavy (non-hydrogen) atoms. The van der Waals surface area contributed by atoms with Crippen LogP contribution < -0.4 is 5.56 Å². The third-order valence-corrected chi connectivity index (χ3v) is 1.64. The average Bonchev–Trinajstić information content (AvgIpc) is 2.20. The molecule has 0 aliphatic rings. The second kappa shape index (κ2) is 5.01. The number of carbonyl (C=O) groups excluding carboxylic acids is 1. The lowest BCUT2D eigenvalue weighted by Crippen LogP contribution is -2.21. The van der Waals surface area contributed by atoms with E-state index in [9.17, 15) is 9.59 Å². The maximum Gasteiger partial charge on any atom is 0.330 e. The van der Waals surface area contributed by atoms with Crippen LogP contribution in [0.5, 0.6) is 0 Å². The Balaban J connectivity index is 2.46. The highest BCUT2D eigenvalue weighted by Crippen LogP contribution is 1.85. The molecule has 1 aromatic rings. The zero-order valence-electron chi connectivity index (χ0n) is 7.68. The van der Waals surface area contributed by atoms with E-state index in [0.29, 0.717) is 6.54 Å². The molecule has 0 radical (unpaired) electrons. The zero-order chi connectivity index (χ0) is 10.4. The van der Waals surface area contributed by atoms with Crippen molar-refractivity contribution in [1.82, 2.24) is 4.57 Å². The van der Waals surface area contributed by atoms with E-state index in [4.69, 9.17) is 4.74 Å². The van der Waals surface area contributed by atoms with Crippen LogP contribution in [0.4, 0.5) is 0 Å². The van der Waals surface area contributed by atoms with Gasteiger partial charge in [-0.2, -0.15) is 0 Å². The first-order valence-corrected chi connectivity index (χ1v) is 4.18. The topological polar surface area (TPSA) is 48.3 Å². The van der Waals surface area contributed by atoms with Crippen LogP contribution in [0.2, 0.25) is 0 Å². The fraction of sp³-hybridized carbons (Fsp3) is 0.200. The van der Waals surface area contributed by atoms with E-state index in [0.717, 1.165) is 6.08 Å². The van der Waals surface area contributed by atoms with E-state index < -0.39 is 5.97 Å². The van der Waals surface area contributed by atoms with Crippen molar-refractivity contribution in [3.05, 3.63) is 47.4 Å². The minimum absolute atomic E-state index is 0.109. The molecule has 0 saturated heterocycles. The standard InChI is InChI=1S/C10H11NO3/c1-2-10(13)14-8-7-11-6-4-3-5-9(11)12/h2-6H,1,7-8H2. The van der Waals surface area contributed by atoms with Crippen molar-refractivity contribution in [2.75, 3.05) is 6.61 Å². The molecule has 0 fully saturated rings. The minimum Gasteiger partial charge on any atom is -0.461 e. The van der Waals surface area contributed by atoms with Gasteiger partial charge in [0.2, 0.25) is 0 Å². The molecule has 0 atom stereocenters. The molecular formula is C10H11NO3. The summed E-state index contributed by atoms with van der Waals surface area (Å²) >= 11 is 0. The summed E-state index contributed by atoms with van der Waals surface area (Å²) in [5.41, 5.74) is -0.109. The van der Waals surface area contributed by atoms with Crippen LogP contribution in [0, 0.1) is 0 Å². The molecule has 74 valence electrons. The number of rotatable bonds is 4. The van der Waals surface area contributed by atoms with Crippen LogP contribution in [0.3, 0.4) is 0 Å². The highest BCUT2D eigenvalue weighted by molar-refractivity contribution is 5.81. The molecular weight excluding hydrogens is 182 g/mol. The number of aromatic nitrogens is 1. The molecule has 1 aromatic heterocycles. The first-order valence-electron chi connectivity index (χ1n) is 4.18. The van der Waals surface area contributed by atoms with Gasteiger partial charge in [0.25, 0.3) is 5.56 Å². The number of hydrogen-bond acceptors (Lipinski definition) is 3. The van der Waals surface area contributed by atoms with E-state index in [1.807, 2.05) is 0 Å². The molecule has 0 aliphatic heterocycles. The molecule has 0 aromatic carbocycles. The van der Waals surface area contributed by atoms with Crippen molar-refractivity contribution in [3.8, 4) is 0 Å². The van der Waals surface area contributed by atoms with Crippen LogP contribution in [-0.2, 0) is 16.1 Å². The number of pyridine rings is 1. The SMILES string of the molecule is C=CC(=O)OCCn1ccccc1=O. The number of carbonyl (C=O) groups is 1. The Hall–Kier alpha value is -1.84. The van der Waals surface area contributed by atoms with Gasteiger partial charge < -0.3 is 9.30 Å². The number of hydrogen-bond donors (Lipinski definition) is 0. The second-order valence-electron chi connectivity index (χ2n) is 2.60. The maximum absolute atomic E-state index is 11.2. The van der Waals surface area contributed by atoms with Crippen LogP contribution in [0.15, 0.2) is 41.8 Å². The Morgan fingerprint density at radius 1 is 1.57 bits per heavy atom. The molecule has 0 spiro atoms. The van der Waals surface area contributed by atoms with E-state index in [2.05, 4.69) is 6.58 Å². The average molecular weight is 193 g/mol. The molecule has 0 N–H and O–H groups in total. The molecule has 0 unspecified atom stereocenters. The van der Waals surface area contributed by atoms with Gasteiger partial charge in [0.05, 0.1) is 6.54 Å². The smallest absolute Gasteiger partial charge is 0.330 e. The first kappa shape index (κ1) is 10.2. The fourth-order valence-corrected chi connectivity index (χ4v) is 0.949. The quantitative estimate of drug-likeness (QED) is 0.519. The van der Waals surface area contributed by atoms with Gasteiger partial charge in [-0.1, -0.05) is 12.6 Å². The first-order chi connectivity index (χ1) is 6.74. The van der Waals surface area contributed by atoms with Crippen LogP contribution in [0.25, 0.3) is 0 Å². The van der Waals surface area contributed by atoms with Crippen molar-refractivity contribution in [2.45, 2.75) is 6.54 Å². The van der Waals surface area contributed by atoms with Crippen molar-refractivity contribution >= 4 is 5.97 Å². The Morgan fingerprint density at radius 2 is 2.36 bits per heavy atom. The van der Waals surface area contributed by atoms with Gasteiger partial charge in [0, 0.05) is 18.3 Å². The lowest BCUT2D eigenvalue weighted by atomic mass is 10.4. The lowest BCUT2D eigenvalue weighted by molar-refractivity contribution is -0.138. The number of ether oxygens (including phenoxy) is 1. The number of esters is 1. The molecule has 0 amide bonds. The normalized spacial score (nSPS) is 9.43. The van der Waals surface area contributed by atoms with Crippen LogP contribution >= 0.6 is 0 Å². The molecule has 1 rings (SSSR count). The Morgan fingerprint density at radius 3 is 3.00 bits per heavy atom. The molecule has 4 nitrogen and oxygen atoms in total. The molecule has 0 saturated carbocycles. The van der Waals surface area contributed by atoms with Gasteiger partial charge >= 0.3 is 5.97 Å². The van der Waals surface area contributed by atoms with Gasteiger partial charge in [-0.15, -0.1) is 0 Å². The summed E-state index contributed by atoms with van der Waals surface area (Å²) in [6.45, 7) is 3.80. The summed E-state index contributed by atoms with van der Waals surface area (Å²) < 4.78 is 6.20. The second-order valence-corrected chi connectivity index (χ2v) is 2.60. The fourth-order valence-electron chi connectivity index (χ4n) is 0.949. The summed E-state index contributed by atoms with van der Waals surface area (Å²) in [6, 6.07) is 4.86.